The number of methoxy groups -OCH3 is 3. The monoisotopic (exact) mass is 539 g/mol. The molecule has 2 aromatic carbocycles. The SMILES string of the molecule is COc1c(F)ccc(Oc2cc(C(F)(F)F)c(F)cc2-c2[nH]c3cc[n+](OC)cc3c(=O)c2OC)c1OC. The highest BCUT2D eigenvalue weighted by atomic mass is 19.4. The Balaban J connectivity index is 2.03. The maximum atomic E-state index is 14.8. The molecule has 0 saturated heterocycles. The van der Waals surface area contributed by atoms with Gasteiger partial charge in [-0.3, -0.25) is 9.63 Å². The van der Waals surface area contributed by atoms with Gasteiger partial charge >= 0.3 is 6.18 Å². The van der Waals surface area contributed by atoms with E-state index in [1.807, 2.05) is 0 Å². The van der Waals surface area contributed by atoms with Crippen molar-refractivity contribution in [1.82, 2.24) is 4.98 Å². The van der Waals surface area contributed by atoms with Gasteiger partial charge in [-0.25, -0.2) is 8.78 Å². The van der Waals surface area contributed by atoms with Gasteiger partial charge in [0.15, 0.2) is 17.3 Å². The number of halogens is 5. The Bertz CT molecular complexity index is 1590. The van der Waals surface area contributed by atoms with Crippen molar-refractivity contribution < 1.29 is 50.5 Å². The van der Waals surface area contributed by atoms with Gasteiger partial charge in [-0.05, 0) is 24.3 Å². The van der Waals surface area contributed by atoms with Gasteiger partial charge in [-0.15, -0.1) is 0 Å². The highest BCUT2D eigenvalue weighted by Gasteiger charge is 2.36. The molecule has 0 aliphatic rings. The first-order valence-electron chi connectivity index (χ1n) is 10.7. The summed E-state index contributed by atoms with van der Waals surface area (Å²) in [6.07, 6.45) is -2.25. The van der Waals surface area contributed by atoms with E-state index in [2.05, 4.69) is 4.98 Å². The van der Waals surface area contributed by atoms with Gasteiger partial charge in [0.2, 0.25) is 29.3 Å². The van der Waals surface area contributed by atoms with E-state index >= 15 is 0 Å². The van der Waals surface area contributed by atoms with Crippen LogP contribution in [0.1, 0.15) is 5.56 Å². The second kappa shape index (κ2) is 10.1. The highest BCUT2D eigenvalue weighted by molar-refractivity contribution is 5.85. The fourth-order valence-corrected chi connectivity index (χ4v) is 3.85. The second-order valence-electron chi connectivity index (χ2n) is 7.72. The van der Waals surface area contributed by atoms with E-state index in [-0.39, 0.29) is 45.2 Å². The lowest BCUT2D eigenvalue weighted by Gasteiger charge is -2.19. The van der Waals surface area contributed by atoms with Gasteiger partial charge < -0.3 is 23.9 Å². The first-order valence-corrected chi connectivity index (χ1v) is 10.7. The van der Waals surface area contributed by atoms with Gasteiger partial charge in [0, 0.05) is 16.4 Å². The Labute approximate surface area is 211 Å². The van der Waals surface area contributed by atoms with E-state index in [0.717, 1.165) is 19.2 Å². The molecule has 13 heteroatoms. The Morgan fingerprint density at radius 1 is 0.842 bits per heavy atom. The molecule has 0 aliphatic heterocycles. The van der Waals surface area contributed by atoms with Crippen LogP contribution in [0, 0.1) is 11.6 Å². The van der Waals surface area contributed by atoms with Gasteiger partial charge in [-0.1, -0.05) is 0 Å². The minimum absolute atomic E-state index is 0.120. The number of hydrogen-bond donors (Lipinski definition) is 1. The van der Waals surface area contributed by atoms with E-state index in [1.165, 1.54) is 44.5 Å². The molecule has 0 saturated carbocycles. The summed E-state index contributed by atoms with van der Waals surface area (Å²) in [5.41, 5.74) is -2.51. The Morgan fingerprint density at radius 2 is 1.53 bits per heavy atom. The summed E-state index contributed by atoms with van der Waals surface area (Å²) in [5, 5.41) is 0.120. The summed E-state index contributed by atoms with van der Waals surface area (Å²) in [6, 6.07) is 4.50. The molecule has 38 heavy (non-hydrogen) atoms. The number of aromatic nitrogens is 2. The van der Waals surface area contributed by atoms with Crippen LogP contribution < -0.4 is 33.9 Å². The standard InChI is InChI=1S/C25H19F5N2O6/c1-34-22-15(26)5-6-18(23(22)35-2)38-19-10-14(25(28,29)30)16(27)9-12(19)20-24(36-3)21(33)13-11-32(37-4)8-7-17(13)31-20/h5-11H,1-4H3/p+1. The summed E-state index contributed by atoms with van der Waals surface area (Å²) in [5.74, 6) is -4.19. The van der Waals surface area contributed by atoms with Crippen LogP contribution in [0.4, 0.5) is 22.0 Å². The average molecular weight is 539 g/mol. The molecule has 200 valence electrons. The first-order chi connectivity index (χ1) is 18.0. The van der Waals surface area contributed by atoms with Gasteiger partial charge in [0.05, 0.1) is 38.1 Å². The Kier molecular flexibility index (Phi) is 7.03. The van der Waals surface area contributed by atoms with E-state index < -0.39 is 34.6 Å². The third-order valence-corrected chi connectivity index (χ3v) is 5.59. The zero-order valence-electron chi connectivity index (χ0n) is 20.3. The first kappa shape index (κ1) is 26.5. The van der Waals surface area contributed by atoms with Crippen molar-refractivity contribution in [2.45, 2.75) is 6.18 Å². The zero-order chi connectivity index (χ0) is 27.8. The minimum atomic E-state index is -5.08. The van der Waals surface area contributed by atoms with Crippen LogP contribution in [0.3, 0.4) is 0 Å². The molecule has 8 nitrogen and oxygen atoms in total. The van der Waals surface area contributed by atoms with Crippen molar-refractivity contribution in [3.63, 3.8) is 0 Å². The summed E-state index contributed by atoms with van der Waals surface area (Å²) >= 11 is 0. The molecule has 0 spiro atoms. The van der Waals surface area contributed by atoms with Crippen molar-refractivity contribution in [3.8, 4) is 40.0 Å². The molecule has 0 atom stereocenters. The molecule has 0 amide bonds. The Hall–Kier alpha value is -4.55. The smallest absolute Gasteiger partial charge is 0.419 e. The van der Waals surface area contributed by atoms with Crippen LogP contribution in [-0.4, -0.2) is 33.4 Å². The number of alkyl halides is 3. The zero-order valence-corrected chi connectivity index (χ0v) is 20.3. The maximum Gasteiger partial charge on any atom is 0.419 e. The fraction of sp³-hybridized carbons (Fsp3) is 0.200. The third kappa shape index (κ3) is 4.62. The minimum Gasteiger partial charge on any atom is -0.491 e. The molecular weight excluding hydrogens is 519 g/mol. The van der Waals surface area contributed by atoms with Gasteiger partial charge in [0.1, 0.15) is 24.1 Å². The van der Waals surface area contributed by atoms with Gasteiger partial charge in [0.25, 0.3) is 0 Å². The number of benzene rings is 2. The molecule has 4 rings (SSSR count). The fourth-order valence-electron chi connectivity index (χ4n) is 3.85. The number of ether oxygens (including phenoxy) is 4. The summed E-state index contributed by atoms with van der Waals surface area (Å²) < 4.78 is 92.2. The molecule has 4 aromatic rings. The van der Waals surface area contributed by atoms with Crippen molar-refractivity contribution in [3.05, 3.63) is 70.1 Å². The number of fused-ring (bicyclic) bond motifs is 1. The number of nitrogens with zero attached hydrogens (tertiary/aromatic N) is 1. The number of pyridine rings is 2. The molecular formula is C25H20F5N2O6+. The molecule has 0 radical (unpaired) electrons. The third-order valence-electron chi connectivity index (χ3n) is 5.59. The Morgan fingerprint density at radius 3 is 2.13 bits per heavy atom. The number of H-pyrrole nitrogens is 1. The maximum absolute atomic E-state index is 14.8. The van der Waals surface area contributed by atoms with E-state index in [9.17, 15) is 26.7 Å². The lowest BCUT2D eigenvalue weighted by molar-refractivity contribution is -0.884. The van der Waals surface area contributed by atoms with Crippen molar-refractivity contribution >= 4 is 10.9 Å². The molecule has 1 N–H and O–H groups in total. The number of hydrogen-bond acceptors (Lipinski definition) is 6. The lowest BCUT2D eigenvalue weighted by atomic mass is 10.0. The quantitative estimate of drug-likeness (QED) is 0.272. The summed E-state index contributed by atoms with van der Waals surface area (Å²) in [6.45, 7) is 0. The summed E-state index contributed by atoms with van der Waals surface area (Å²) in [4.78, 5) is 21.2. The van der Waals surface area contributed by atoms with Crippen molar-refractivity contribution in [1.29, 1.82) is 0 Å². The van der Waals surface area contributed by atoms with E-state index in [1.54, 1.807) is 0 Å². The van der Waals surface area contributed by atoms with Crippen molar-refractivity contribution in [2.24, 2.45) is 0 Å². The van der Waals surface area contributed by atoms with Gasteiger partial charge in [-0.2, -0.15) is 13.2 Å². The molecule has 2 heterocycles. The van der Waals surface area contributed by atoms with Crippen LogP contribution in [0.25, 0.3) is 22.2 Å². The van der Waals surface area contributed by atoms with Crippen LogP contribution in [0.15, 0.2) is 47.5 Å². The predicted octanol–water partition coefficient (Wildman–Crippen LogP) is 4.66. The second-order valence-corrected chi connectivity index (χ2v) is 7.72. The number of nitrogens with one attached hydrogen (secondary N) is 1. The van der Waals surface area contributed by atoms with E-state index in [4.69, 9.17) is 23.8 Å². The van der Waals surface area contributed by atoms with E-state index in [0.29, 0.717) is 12.1 Å². The topological polar surface area (TPSA) is 82.9 Å². The van der Waals surface area contributed by atoms with Crippen LogP contribution >= 0.6 is 0 Å². The normalized spacial score (nSPS) is 11.4. The van der Waals surface area contributed by atoms with Crippen LogP contribution in [0.2, 0.25) is 0 Å². The van der Waals surface area contributed by atoms with Crippen molar-refractivity contribution in [2.75, 3.05) is 28.4 Å². The highest BCUT2D eigenvalue weighted by Crippen LogP contribution is 2.46. The summed E-state index contributed by atoms with van der Waals surface area (Å²) in [7, 11) is 4.88. The predicted molar refractivity (Wildman–Crippen MR) is 124 cm³/mol. The molecule has 0 fully saturated rings. The largest absolute Gasteiger partial charge is 0.491 e. The molecule has 0 unspecified atom stereocenters. The number of rotatable bonds is 7. The van der Waals surface area contributed by atoms with Crippen LogP contribution in [0.5, 0.6) is 28.7 Å². The average Bonchev–Trinajstić information content (AvgIpc) is 2.89. The lowest BCUT2D eigenvalue weighted by Crippen LogP contribution is -2.40. The molecule has 2 aromatic heterocycles. The number of aromatic amines is 1. The molecule has 0 bridgehead atoms. The van der Waals surface area contributed by atoms with Crippen LogP contribution in [-0.2, 0) is 6.18 Å². The molecule has 0 aliphatic carbocycles.